The average molecular weight is 401 g/mol. The molecule has 1 saturated carbocycles. The van der Waals surface area contributed by atoms with Gasteiger partial charge in [-0.05, 0) is 44.0 Å². The van der Waals surface area contributed by atoms with Gasteiger partial charge in [0.2, 0.25) is 5.91 Å². The number of hydrogen-bond acceptors (Lipinski definition) is 5. The number of thioether (sulfide) groups is 1. The summed E-state index contributed by atoms with van der Waals surface area (Å²) in [6.07, 6.45) is 5.50. The van der Waals surface area contributed by atoms with Crippen molar-refractivity contribution in [1.29, 1.82) is 0 Å². The van der Waals surface area contributed by atoms with Gasteiger partial charge in [-0.1, -0.05) is 11.8 Å². The molecule has 0 saturated heterocycles. The van der Waals surface area contributed by atoms with Gasteiger partial charge >= 0.3 is 0 Å². The maximum atomic E-state index is 13.3. The Hall–Kier alpha value is -2.81. The zero-order chi connectivity index (χ0) is 19.7. The van der Waals surface area contributed by atoms with Crippen LogP contribution in [0.3, 0.4) is 0 Å². The van der Waals surface area contributed by atoms with Crippen molar-refractivity contribution < 1.29 is 13.6 Å². The van der Waals surface area contributed by atoms with E-state index in [0.29, 0.717) is 11.2 Å². The highest BCUT2D eigenvalue weighted by molar-refractivity contribution is 8.00. The van der Waals surface area contributed by atoms with Gasteiger partial charge in [-0.3, -0.25) is 14.3 Å². The van der Waals surface area contributed by atoms with Crippen molar-refractivity contribution in [3.63, 3.8) is 0 Å². The molecule has 144 valence electrons. The fraction of sp³-hybridized carbons (Fsp3) is 0.263. The molecule has 1 aromatic carbocycles. The van der Waals surface area contributed by atoms with Crippen molar-refractivity contribution in [3.05, 3.63) is 54.4 Å². The predicted molar refractivity (Wildman–Crippen MR) is 102 cm³/mol. The molecule has 0 bridgehead atoms. The van der Waals surface area contributed by atoms with E-state index in [1.807, 2.05) is 16.7 Å². The van der Waals surface area contributed by atoms with Gasteiger partial charge < -0.3 is 5.32 Å². The van der Waals surface area contributed by atoms with Gasteiger partial charge in [-0.15, -0.1) is 10.2 Å². The highest BCUT2D eigenvalue weighted by atomic mass is 32.2. The van der Waals surface area contributed by atoms with Crippen molar-refractivity contribution in [2.45, 2.75) is 36.2 Å². The van der Waals surface area contributed by atoms with E-state index in [9.17, 15) is 13.6 Å². The molecule has 1 atom stereocenters. The standard InChI is InChI=1S/C19H17F2N5OS/c1-11(18(27)23-13-4-7-15(20)16(21)9-13)28-19-25-24-17(26(19)14-5-6-14)12-3-2-8-22-10-12/h2-4,7-11,14H,5-6H2,1H3,(H,23,27)/t11-/m1/s1. The molecule has 1 aliphatic rings. The van der Waals surface area contributed by atoms with E-state index in [0.717, 1.165) is 36.4 Å². The van der Waals surface area contributed by atoms with Gasteiger partial charge in [0.1, 0.15) is 0 Å². The van der Waals surface area contributed by atoms with Crippen molar-refractivity contribution in [3.8, 4) is 11.4 Å². The lowest BCUT2D eigenvalue weighted by atomic mass is 10.3. The molecule has 28 heavy (non-hydrogen) atoms. The number of hydrogen-bond donors (Lipinski definition) is 1. The van der Waals surface area contributed by atoms with E-state index < -0.39 is 16.9 Å². The van der Waals surface area contributed by atoms with Gasteiger partial charge in [-0.2, -0.15) is 0 Å². The Morgan fingerprint density at radius 2 is 2.07 bits per heavy atom. The molecule has 1 amide bonds. The Morgan fingerprint density at radius 3 is 2.75 bits per heavy atom. The normalized spacial score (nSPS) is 14.7. The SMILES string of the molecule is C[C@@H](Sc1nnc(-c2cccnc2)n1C1CC1)C(=O)Nc1ccc(F)c(F)c1. The van der Waals surface area contributed by atoms with Crippen LogP contribution < -0.4 is 5.32 Å². The van der Waals surface area contributed by atoms with E-state index in [4.69, 9.17) is 0 Å². The quantitative estimate of drug-likeness (QED) is 0.631. The van der Waals surface area contributed by atoms with Crippen molar-refractivity contribution in [2.24, 2.45) is 0 Å². The van der Waals surface area contributed by atoms with Crippen LogP contribution >= 0.6 is 11.8 Å². The van der Waals surface area contributed by atoms with E-state index >= 15 is 0 Å². The molecule has 1 N–H and O–H groups in total. The molecule has 0 radical (unpaired) electrons. The molecular formula is C19H17F2N5OS. The summed E-state index contributed by atoms with van der Waals surface area (Å²) in [5.74, 6) is -1.57. The van der Waals surface area contributed by atoms with Crippen molar-refractivity contribution in [2.75, 3.05) is 5.32 Å². The number of amides is 1. The molecule has 3 aromatic rings. The number of nitrogens with zero attached hydrogens (tertiary/aromatic N) is 4. The molecule has 2 heterocycles. The Bertz CT molecular complexity index is 1010. The molecule has 0 spiro atoms. The Balaban J connectivity index is 1.51. The average Bonchev–Trinajstić information content (AvgIpc) is 3.45. The monoisotopic (exact) mass is 401 g/mol. The zero-order valence-corrected chi connectivity index (χ0v) is 15.8. The minimum absolute atomic E-state index is 0.205. The number of nitrogens with one attached hydrogen (secondary N) is 1. The Labute approximate surface area is 164 Å². The second-order valence-electron chi connectivity index (χ2n) is 6.53. The van der Waals surface area contributed by atoms with Crippen LogP contribution in [0.25, 0.3) is 11.4 Å². The zero-order valence-electron chi connectivity index (χ0n) is 15.0. The number of halogens is 2. The molecule has 0 unspecified atom stereocenters. The molecule has 1 fully saturated rings. The van der Waals surface area contributed by atoms with Crippen LogP contribution in [-0.4, -0.2) is 30.9 Å². The highest BCUT2D eigenvalue weighted by Gasteiger charge is 2.31. The molecular weight excluding hydrogens is 384 g/mol. The first-order valence-corrected chi connectivity index (χ1v) is 9.69. The van der Waals surface area contributed by atoms with Crippen molar-refractivity contribution >= 4 is 23.4 Å². The third kappa shape index (κ3) is 3.89. The van der Waals surface area contributed by atoms with Crippen LogP contribution in [0.15, 0.2) is 47.9 Å². The van der Waals surface area contributed by atoms with E-state index in [1.165, 1.54) is 17.8 Å². The summed E-state index contributed by atoms with van der Waals surface area (Å²) >= 11 is 1.28. The maximum Gasteiger partial charge on any atom is 0.237 e. The summed E-state index contributed by atoms with van der Waals surface area (Å²) in [5.41, 5.74) is 1.07. The van der Waals surface area contributed by atoms with Crippen molar-refractivity contribution in [1.82, 2.24) is 19.7 Å². The summed E-state index contributed by atoms with van der Waals surface area (Å²) < 4.78 is 28.4. The Kier molecular flexibility index (Phi) is 5.08. The largest absolute Gasteiger partial charge is 0.325 e. The fourth-order valence-corrected chi connectivity index (χ4v) is 3.66. The first-order chi connectivity index (χ1) is 13.5. The third-order valence-corrected chi connectivity index (χ3v) is 5.39. The van der Waals surface area contributed by atoms with Gasteiger partial charge in [0.05, 0.1) is 5.25 Å². The lowest BCUT2D eigenvalue weighted by Gasteiger charge is -2.13. The van der Waals surface area contributed by atoms with Crippen LogP contribution in [0.1, 0.15) is 25.8 Å². The number of aromatic nitrogens is 4. The molecule has 4 rings (SSSR count). The van der Waals surface area contributed by atoms with Crippen LogP contribution in [0.2, 0.25) is 0 Å². The number of benzene rings is 1. The van der Waals surface area contributed by atoms with Crippen LogP contribution in [-0.2, 0) is 4.79 Å². The lowest BCUT2D eigenvalue weighted by molar-refractivity contribution is -0.115. The molecule has 1 aliphatic carbocycles. The predicted octanol–water partition coefficient (Wildman–Crippen LogP) is 4.07. The number of carbonyl (C=O) groups excluding carboxylic acids is 1. The van der Waals surface area contributed by atoms with E-state index in [1.54, 1.807) is 19.3 Å². The third-order valence-electron chi connectivity index (χ3n) is 4.33. The Morgan fingerprint density at radius 1 is 1.25 bits per heavy atom. The summed E-state index contributed by atoms with van der Waals surface area (Å²) in [5, 5.41) is 11.3. The molecule has 6 nitrogen and oxygen atoms in total. The summed E-state index contributed by atoms with van der Waals surface area (Å²) in [6.45, 7) is 1.73. The van der Waals surface area contributed by atoms with Crippen LogP contribution in [0.5, 0.6) is 0 Å². The van der Waals surface area contributed by atoms with Crippen LogP contribution in [0, 0.1) is 11.6 Å². The van der Waals surface area contributed by atoms with Gasteiger partial charge in [0, 0.05) is 35.8 Å². The summed E-state index contributed by atoms with van der Waals surface area (Å²) in [4.78, 5) is 16.6. The number of rotatable bonds is 6. The molecule has 2 aromatic heterocycles. The molecule has 9 heteroatoms. The minimum atomic E-state index is -1.01. The van der Waals surface area contributed by atoms with Gasteiger partial charge in [0.15, 0.2) is 22.6 Å². The maximum absolute atomic E-state index is 13.3. The highest BCUT2D eigenvalue weighted by Crippen LogP contribution is 2.41. The van der Waals surface area contributed by atoms with E-state index in [2.05, 4.69) is 20.5 Å². The number of pyridine rings is 1. The van der Waals surface area contributed by atoms with Crippen LogP contribution in [0.4, 0.5) is 14.5 Å². The second-order valence-corrected chi connectivity index (χ2v) is 7.84. The van der Waals surface area contributed by atoms with E-state index in [-0.39, 0.29) is 11.6 Å². The van der Waals surface area contributed by atoms with Gasteiger partial charge in [-0.25, -0.2) is 8.78 Å². The van der Waals surface area contributed by atoms with Gasteiger partial charge in [0.25, 0.3) is 0 Å². The smallest absolute Gasteiger partial charge is 0.237 e. The minimum Gasteiger partial charge on any atom is -0.325 e. The summed E-state index contributed by atoms with van der Waals surface area (Å²) in [7, 11) is 0. The number of anilines is 1. The first-order valence-electron chi connectivity index (χ1n) is 8.81. The topological polar surface area (TPSA) is 72.7 Å². The molecule has 0 aliphatic heterocycles. The fourth-order valence-electron chi connectivity index (χ4n) is 2.74. The first kappa shape index (κ1) is 18.5. The number of carbonyl (C=O) groups is 1. The second kappa shape index (κ2) is 7.67. The lowest BCUT2D eigenvalue weighted by Crippen LogP contribution is -2.23. The summed E-state index contributed by atoms with van der Waals surface area (Å²) in [6, 6.07) is 7.33.